The average molecular weight is 213 g/mol. The Labute approximate surface area is 87.1 Å². The molecule has 78 valence electrons. The Morgan fingerprint density at radius 1 is 1.79 bits per heavy atom. The van der Waals surface area contributed by atoms with Crippen LogP contribution in [0.25, 0.3) is 0 Å². The predicted octanol–water partition coefficient (Wildman–Crippen LogP) is 0.641. The van der Waals surface area contributed by atoms with Gasteiger partial charge in [0.15, 0.2) is 4.80 Å². The van der Waals surface area contributed by atoms with Crippen molar-refractivity contribution in [3.63, 3.8) is 0 Å². The van der Waals surface area contributed by atoms with E-state index in [0.29, 0.717) is 12.8 Å². The van der Waals surface area contributed by atoms with Gasteiger partial charge in [-0.3, -0.25) is 4.79 Å². The van der Waals surface area contributed by atoms with Crippen molar-refractivity contribution in [3.05, 3.63) is 16.4 Å². The smallest absolute Gasteiger partial charge is 0.248 e. The second-order valence-corrected chi connectivity index (χ2v) is 4.19. The van der Waals surface area contributed by atoms with Gasteiger partial charge in [-0.1, -0.05) is 0 Å². The number of hydrogen-bond acceptors (Lipinski definition) is 3. The normalized spacial score (nSPS) is 14.4. The first kappa shape index (κ1) is 11.1. The van der Waals surface area contributed by atoms with Crippen molar-refractivity contribution in [2.45, 2.75) is 25.8 Å². The second-order valence-electron chi connectivity index (χ2n) is 3.32. The molecule has 0 spiro atoms. The van der Waals surface area contributed by atoms with Crippen molar-refractivity contribution in [2.24, 2.45) is 17.8 Å². The van der Waals surface area contributed by atoms with Gasteiger partial charge < -0.3 is 10.3 Å². The first-order valence-corrected chi connectivity index (χ1v) is 5.41. The van der Waals surface area contributed by atoms with E-state index in [4.69, 9.17) is 5.73 Å². The third kappa shape index (κ3) is 3.43. The van der Waals surface area contributed by atoms with Crippen LogP contribution in [-0.4, -0.2) is 16.5 Å². The van der Waals surface area contributed by atoms with E-state index in [9.17, 15) is 4.79 Å². The molecule has 0 aromatic carbocycles. The van der Waals surface area contributed by atoms with E-state index >= 15 is 0 Å². The Hall–Kier alpha value is -0.940. The van der Waals surface area contributed by atoms with Crippen LogP contribution in [0.2, 0.25) is 0 Å². The molecular formula is C9H15N3OS. The molecule has 0 fully saturated rings. The maximum absolute atomic E-state index is 11.3. The number of carbonyl (C=O) groups is 1. The number of rotatable bonds is 3. The lowest BCUT2D eigenvalue weighted by molar-refractivity contribution is -0.118. The Balaban J connectivity index is 2.61. The van der Waals surface area contributed by atoms with Gasteiger partial charge in [0.25, 0.3) is 0 Å². The number of nitrogens with zero attached hydrogens (tertiary/aromatic N) is 2. The van der Waals surface area contributed by atoms with Crippen LogP contribution in [0.15, 0.2) is 16.6 Å². The van der Waals surface area contributed by atoms with E-state index in [1.54, 1.807) is 0 Å². The highest BCUT2D eigenvalue weighted by Crippen LogP contribution is 1.95. The fourth-order valence-electron chi connectivity index (χ4n) is 0.948. The zero-order chi connectivity index (χ0) is 10.6. The standard InChI is InChI=1S/C9H15N3OS/c1-7(10)3-4-8(13)11-9-12(2)5-6-14-9/h5-7H,3-4,10H2,1-2H3. The molecule has 1 heterocycles. The van der Waals surface area contributed by atoms with Crippen LogP contribution in [0.3, 0.4) is 0 Å². The molecule has 0 aliphatic rings. The Morgan fingerprint density at radius 2 is 2.50 bits per heavy atom. The molecule has 5 heteroatoms. The summed E-state index contributed by atoms with van der Waals surface area (Å²) in [6.07, 6.45) is 3.00. The molecule has 4 nitrogen and oxygen atoms in total. The number of hydrogen-bond donors (Lipinski definition) is 1. The number of carbonyl (C=O) groups excluding carboxylic acids is 1. The molecular weight excluding hydrogens is 198 g/mol. The number of amides is 1. The van der Waals surface area contributed by atoms with Gasteiger partial charge in [0.1, 0.15) is 0 Å². The van der Waals surface area contributed by atoms with E-state index in [2.05, 4.69) is 4.99 Å². The monoisotopic (exact) mass is 213 g/mol. The Kier molecular flexibility index (Phi) is 4.03. The summed E-state index contributed by atoms with van der Waals surface area (Å²) in [5.41, 5.74) is 5.55. The first-order valence-electron chi connectivity index (χ1n) is 4.53. The Morgan fingerprint density at radius 3 is 3.00 bits per heavy atom. The molecule has 0 radical (unpaired) electrons. The minimum atomic E-state index is -0.0969. The van der Waals surface area contributed by atoms with Crippen LogP contribution in [0.4, 0.5) is 0 Å². The fraction of sp³-hybridized carbons (Fsp3) is 0.556. The van der Waals surface area contributed by atoms with Gasteiger partial charge in [-0.2, -0.15) is 4.99 Å². The molecule has 1 aromatic heterocycles. The first-order chi connectivity index (χ1) is 6.59. The van der Waals surface area contributed by atoms with Crippen LogP contribution in [0.5, 0.6) is 0 Å². The summed E-state index contributed by atoms with van der Waals surface area (Å²) >= 11 is 1.46. The molecule has 2 N–H and O–H groups in total. The predicted molar refractivity (Wildman–Crippen MR) is 56.7 cm³/mol. The molecule has 1 rings (SSSR count). The summed E-state index contributed by atoms with van der Waals surface area (Å²) in [4.78, 5) is 16.1. The third-order valence-electron chi connectivity index (χ3n) is 1.79. The topological polar surface area (TPSA) is 60.4 Å². The van der Waals surface area contributed by atoms with Crippen LogP contribution >= 0.6 is 11.3 Å². The fourth-order valence-corrected chi connectivity index (χ4v) is 1.70. The summed E-state index contributed by atoms with van der Waals surface area (Å²) in [5.74, 6) is -0.0969. The highest BCUT2D eigenvalue weighted by atomic mass is 32.1. The van der Waals surface area contributed by atoms with E-state index in [0.717, 1.165) is 4.80 Å². The molecule has 0 bridgehead atoms. The summed E-state index contributed by atoms with van der Waals surface area (Å²) in [5, 5.41) is 1.90. The molecule has 1 aromatic rings. The van der Waals surface area contributed by atoms with E-state index in [1.807, 2.05) is 30.1 Å². The molecule has 1 amide bonds. The summed E-state index contributed by atoms with van der Waals surface area (Å²) in [6, 6.07) is 0.0613. The van der Waals surface area contributed by atoms with Crippen molar-refractivity contribution in [1.82, 2.24) is 4.57 Å². The zero-order valence-corrected chi connectivity index (χ0v) is 9.25. The molecule has 0 saturated heterocycles. The van der Waals surface area contributed by atoms with Gasteiger partial charge >= 0.3 is 0 Å². The van der Waals surface area contributed by atoms with Crippen molar-refractivity contribution >= 4 is 17.2 Å². The van der Waals surface area contributed by atoms with Gasteiger partial charge in [-0.25, -0.2) is 0 Å². The molecule has 0 aliphatic carbocycles. The molecule has 1 atom stereocenters. The lowest BCUT2D eigenvalue weighted by Gasteiger charge is -2.00. The van der Waals surface area contributed by atoms with Crippen molar-refractivity contribution in [1.29, 1.82) is 0 Å². The highest BCUT2D eigenvalue weighted by Gasteiger charge is 2.02. The number of aromatic nitrogens is 1. The van der Waals surface area contributed by atoms with Crippen molar-refractivity contribution in [2.75, 3.05) is 0 Å². The van der Waals surface area contributed by atoms with Crippen molar-refractivity contribution < 1.29 is 4.79 Å². The van der Waals surface area contributed by atoms with Crippen LogP contribution < -0.4 is 10.5 Å². The largest absolute Gasteiger partial charge is 0.328 e. The van der Waals surface area contributed by atoms with Crippen LogP contribution in [0.1, 0.15) is 19.8 Å². The molecule has 0 aliphatic heterocycles. The molecule has 1 unspecified atom stereocenters. The van der Waals surface area contributed by atoms with E-state index in [1.165, 1.54) is 11.3 Å². The van der Waals surface area contributed by atoms with Gasteiger partial charge in [-0.05, 0) is 13.3 Å². The quantitative estimate of drug-likeness (QED) is 0.801. The maximum Gasteiger partial charge on any atom is 0.248 e. The second kappa shape index (κ2) is 5.07. The van der Waals surface area contributed by atoms with Crippen LogP contribution in [-0.2, 0) is 11.8 Å². The summed E-state index contributed by atoms with van der Waals surface area (Å²) < 4.78 is 1.83. The lowest BCUT2D eigenvalue weighted by Crippen LogP contribution is -2.17. The summed E-state index contributed by atoms with van der Waals surface area (Å²) in [6.45, 7) is 1.89. The van der Waals surface area contributed by atoms with Gasteiger partial charge in [0.05, 0.1) is 0 Å². The van der Waals surface area contributed by atoms with Gasteiger partial charge in [0, 0.05) is 31.1 Å². The molecule has 14 heavy (non-hydrogen) atoms. The van der Waals surface area contributed by atoms with E-state index < -0.39 is 0 Å². The number of thiazole rings is 1. The number of aryl methyl sites for hydroxylation is 1. The average Bonchev–Trinajstić information content (AvgIpc) is 2.49. The lowest BCUT2D eigenvalue weighted by atomic mass is 10.2. The maximum atomic E-state index is 11.3. The number of nitrogens with two attached hydrogens (primary N) is 1. The van der Waals surface area contributed by atoms with Crippen molar-refractivity contribution in [3.8, 4) is 0 Å². The van der Waals surface area contributed by atoms with Gasteiger partial charge in [0.2, 0.25) is 5.91 Å². The van der Waals surface area contributed by atoms with Gasteiger partial charge in [-0.15, -0.1) is 11.3 Å². The minimum absolute atomic E-state index is 0.0613. The minimum Gasteiger partial charge on any atom is -0.328 e. The third-order valence-corrected chi connectivity index (χ3v) is 2.64. The van der Waals surface area contributed by atoms with E-state index in [-0.39, 0.29) is 11.9 Å². The highest BCUT2D eigenvalue weighted by molar-refractivity contribution is 7.07. The summed E-state index contributed by atoms with van der Waals surface area (Å²) in [7, 11) is 1.87. The molecule has 0 saturated carbocycles. The SMILES string of the molecule is CC(N)CCC(=O)N=c1sccn1C. The Bertz CT molecular complexity index is 364. The van der Waals surface area contributed by atoms with Crippen LogP contribution in [0, 0.1) is 0 Å². The zero-order valence-electron chi connectivity index (χ0n) is 8.43.